The molecule has 1 aromatic heterocycles. The van der Waals surface area contributed by atoms with Crippen molar-refractivity contribution in [1.29, 1.82) is 0 Å². The number of halogens is 2. The highest BCUT2D eigenvalue weighted by atomic mass is 19.2. The number of non-ortho nitro benzene ring substituents is 1. The van der Waals surface area contributed by atoms with Crippen molar-refractivity contribution in [3.05, 3.63) is 81.5 Å². The Morgan fingerprint density at radius 2 is 1.90 bits per heavy atom. The first-order chi connectivity index (χ1) is 14.2. The summed E-state index contributed by atoms with van der Waals surface area (Å²) in [5, 5.41) is 18.0. The second kappa shape index (κ2) is 8.81. The standard InChI is InChI=1S/C21H20F2N4O3/c1-13(3-4-14-5-10-18(22)19(23)11-14)24-21(28)17-12-26(2)25-20(17)15-6-8-16(9-7-15)27(29)30/h5-13H,3-4H2,1-2H3,(H,24,28). The van der Waals surface area contributed by atoms with Gasteiger partial charge in [-0.25, -0.2) is 8.78 Å². The van der Waals surface area contributed by atoms with Crippen LogP contribution in [0, 0.1) is 21.7 Å². The van der Waals surface area contributed by atoms with Crippen molar-refractivity contribution >= 4 is 11.6 Å². The van der Waals surface area contributed by atoms with Crippen molar-refractivity contribution in [3.63, 3.8) is 0 Å². The quantitative estimate of drug-likeness (QED) is 0.467. The predicted octanol–water partition coefficient (Wildman–Crippen LogP) is 4.02. The summed E-state index contributed by atoms with van der Waals surface area (Å²) in [6, 6.07) is 9.33. The van der Waals surface area contributed by atoms with E-state index >= 15 is 0 Å². The van der Waals surface area contributed by atoms with Gasteiger partial charge >= 0.3 is 0 Å². The van der Waals surface area contributed by atoms with E-state index in [1.165, 1.54) is 22.9 Å². The third-order valence-electron chi connectivity index (χ3n) is 4.65. The minimum Gasteiger partial charge on any atom is -0.349 e. The summed E-state index contributed by atoms with van der Waals surface area (Å²) in [6.45, 7) is 1.82. The monoisotopic (exact) mass is 414 g/mol. The number of nitrogens with zero attached hydrogens (tertiary/aromatic N) is 3. The Labute approximate surface area is 171 Å². The van der Waals surface area contributed by atoms with Crippen molar-refractivity contribution in [2.24, 2.45) is 7.05 Å². The summed E-state index contributed by atoms with van der Waals surface area (Å²) in [7, 11) is 1.68. The Bertz CT molecular complexity index is 1080. The van der Waals surface area contributed by atoms with Gasteiger partial charge in [-0.1, -0.05) is 6.07 Å². The lowest BCUT2D eigenvalue weighted by molar-refractivity contribution is -0.384. The van der Waals surface area contributed by atoms with Crippen molar-refractivity contribution in [2.45, 2.75) is 25.8 Å². The normalized spacial score (nSPS) is 11.9. The van der Waals surface area contributed by atoms with Gasteiger partial charge in [0.1, 0.15) is 5.69 Å². The van der Waals surface area contributed by atoms with Gasteiger partial charge in [-0.15, -0.1) is 0 Å². The third-order valence-corrected chi connectivity index (χ3v) is 4.65. The van der Waals surface area contributed by atoms with E-state index < -0.39 is 16.6 Å². The molecule has 0 saturated carbocycles. The van der Waals surface area contributed by atoms with Crippen LogP contribution in [0.4, 0.5) is 14.5 Å². The van der Waals surface area contributed by atoms with Gasteiger partial charge in [0.15, 0.2) is 11.6 Å². The van der Waals surface area contributed by atoms with Gasteiger partial charge in [-0.3, -0.25) is 19.6 Å². The van der Waals surface area contributed by atoms with Crippen LogP contribution in [0.25, 0.3) is 11.3 Å². The van der Waals surface area contributed by atoms with Gasteiger partial charge in [0.05, 0.1) is 10.5 Å². The summed E-state index contributed by atoms with van der Waals surface area (Å²) in [6.07, 6.45) is 2.58. The molecule has 7 nitrogen and oxygen atoms in total. The SMILES string of the molecule is CC(CCc1ccc(F)c(F)c1)NC(=O)c1cn(C)nc1-c1ccc([N+](=O)[O-])cc1. The Morgan fingerprint density at radius 3 is 2.53 bits per heavy atom. The van der Waals surface area contributed by atoms with Crippen LogP contribution in [0.15, 0.2) is 48.7 Å². The van der Waals surface area contributed by atoms with Gasteiger partial charge in [0.25, 0.3) is 11.6 Å². The van der Waals surface area contributed by atoms with E-state index in [9.17, 15) is 23.7 Å². The number of rotatable bonds is 7. The predicted molar refractivity (Wildman–Crippen MR) is 107 cm³/mol. The number of nitro benzene ring substituents is 1. The molecule has 0 fully saturated rings. The van der Waals surface area contributed by atoms with Crippen LogP contribution in [0.2, 0.25) is 0 Å². The van der Waals surface area contributed by atoms with Gasteiger partial charge in [-0.05, 0) is 49.6 Å². The Morgan fingerprint density at radius 1 is 1.20 bits per heavy atom. The molecule has 3 rings (SSSR count). The van der Waals surface area contributed by atoms with E-state index in [1.54, 1.807) is 25.4 Å². The maximum atomic E-state index is 13.3. The Kier molecular flexibility index (Phi) is 6.20. The molecule has 1 atom stereocenters. The van der Waals surface area contributed by atoms with Gasteiger partial charge in [-0.2, -0.15) is 5.10 Å². The van der Waals surface area contributed by atoms with Crippen molar-refractivity contribution < 1.29 is 18.5 Å². The van der Waals surface area contributed by atoms with Gasteiger partial charge in [0, 0.05) is 37.0 Å². The Balaban J connectivity index is 1.69. The number of aryl methyl sites for hydroxylation is 2. The van der Waals surface area contributed by atoms with Gasteiger partial charge < -0.3 is 5.32 Å². The number of carbonyl (C=O) groups excluding carboxylic acids is 1. The summed E-state index contributed by atoms with van der Waals surface area (Å²) >= 11 is 0. The number of nitro groups is 1. The van der Waals surface area contributed by atoms with Crippen molar-refractivity contribution in [1.82, 2.24) is 15.1 Å². The van der Waals surface area contributed by atoms with Crippen LogP contribution in [-0.2, 0) is 13.5 Å². The lowest BCUT2D eigenvalue weighted by Crippen LogP contribution is -2.33. The van der Waals surface area contributed by atoms with E-state index in [0.717, 1.165) is 12.1 Å². The first-order valence-electron chi connectivity index (χ1n) is 9.28. The van der Waals surface area contributed by atoms with E-state index in [2.05, 4.69) is 10.4 Å². The summed E-state index contributed by atoms with van der Waals surface area (Å²) in [5.41, 5.74) is 1.93. The first kappa shape index (κ1) is 21.1. The van der Waals surface area contributed by atoms with E-state index in [-0.39, 0.29) is 17.6 Å². The zero-order chi connectivity index (χ0) is 21.8. The number of amides is 1. The number of nitrogens with one attached hydrogen (secondary N) is 1. The van der Waals surface area contributed by atoms with Crippen molar-refractivity contribution in [2.75, 3.05) is 0 Å². The highest BCUT2D eigenvalue weighted by molar-refractivity contribution is 6.00. The average Bonchev–Trinajstić information content (AvgIpc) is 3.11. The maximum Gasteiger partial charge on any atom is 0.269 e. The maximum absolute atomic E-state index is 13.3. The fourth-order valence-corrected chi connectivity index (χ4v) is 3.06. The highest BCUT2D eigenvalue weighted by Gasteiger charge is 2.19. The molecule has 156 valence electrons. The average molecular weight is 414 g/mol. The molecule has 0 bridgehead atoms. The topological polar surface area (TPSA) is 90.1 Å². The van der Waals surface area contributed by atoms with Crippen LogP contribution < -0.4 is 5.32 Å². The molecule has 0 aliphatic rings. The number of carbonyl (C=O) groups is 1. The smallest absolute Gasteiger partial charge is 0.269 e. The summed E-state index contributed by atoms with van der Waals surface area (Å²) < 4.78 is 27.8. The van der Waals surface area contributed by atoms with Gasteiger partial charge in [0.2, 0.25) is 0 Å². The second-order valence-corrected chi connectivity index (χ2v) is 7.03. The van der Waals surface area contributed by atoms with Crippen LogP contribution in [0.3, 0.4) is 0 Å². The molecule has 30 heavy (non-hydrogen) atoms. The molecular formula is C21H20F2N4O3. The van der Waals surface area contributed by atoms with Crippen LogP contribution in [0.5, 0.6) is 0 Å². The van der Waals surface area contributed by atoms with E-state index in [4.69, 9.17) is 0 Å². The lowest BCUT2D eigenvalue weighted by Gasteiger charge is -2.14. The first-order valence-corrected chi connectivity index (χ1v) is 9.28. The molecular weight excluding hydrogens is 394 g/mol. The van der Waals surface area contributed by atoms with E-state index in [0.29, 0.717) is 35.2 Å². The second-order valence-electron chi connectivity index (χ2n) is 7.03. The number of aromatic nitrogens is 2. The molecule has 1 amide bonds. The molecule has 1 unspecified atom stereocenters. The molecule has 1 heterocycles. The van der Waals surface area contributed by atoms with Crippen LogP contribution >= 0.6 is 0 Å². The number of hydrogen-bond donors (Lipinski definition) is 1. The summed E-state index contributed by atoms with van der Waals surface area (Å²) in [5.74, 6) is -2.13. The molecule has 9 heteroatoms. The minimum absolute atomic E-state index is 0.0495. The molecule has 0 aliphatic carbocycles. The molecule has 0 spiro atoms. The largest absolute Gasteiger partial charge is 0.349 e. The zero-order valence-electron chi connectivity index (χ0n) is 16.4. The third kappa shape index (κ3) is 4.86. The van der Waals surface area contributed by atoms with E-state index in [1.807, 2.05) is 6.92 Å². The summed E-state index contributed by atoms with van der Waals surface area (Å²) in [4.78, 5) is 23.1. The molecule has 0 aliphatic heterocycles. The number of benzene rings is 2. The molecule has 0 saturated heterocycles. The zero-order valence-corrected chi connectivity index (χ0v) is 16.4. The fourth-order valence-electron chi connectivity index (χ4n) is 3.06. The number of hydrogen-bond acceptors (Lipinski definition) is 4. The molecule has 3 aromatic rings. The highest BCUT2D eigenvalue weighted by Crippen LogP contribution is 2.24. The molecule has 0 radical (unpaired) electrons. The van der Waals surface area contributed by atoms with Crippen LogP contribution in [-0.4, -0.2) is 26.7 Å². The lowest BCUT2D eigenvalue weighted by atomic mass is 10.0. The molecule has 2 aromatic carbocycles. The molecule has 1 N–H and O–H groups in total. The van der Waals surface area contributed by atoms with Crippen molar-refractivity contribution in [3.8, 4) is 11.3 Å². The Hall–Kier alpha value is -3.62. The van der Waals surface area contributed by atoms with Crippen LogP contribution in [0.1, 0.15) is 29.3 Å². The fraction of sp³-hybridized carbons (Fsp3) is 0.238. The minimum atomic E-state index is -0.896.